The van der Waals surface area contributed by atoms with Gasteiger partial charge in [-0.05, 0) is 18.9 Å². The number of benzene rings is 1. The van der Waals surface area contributed by atoms with Gasteiger partial charge in [0.2, 0.25) is 0 Å². The molecule has 0 aromatic heterocycles. The molecule has 110 valence electrons. The Morgan fingerprint density at radius 2 is 2.10 bits per heavy atom. The lowest BCUT2D eigenvalue weighted by molar-refractivity contribution is -0.384. The number of ether oxygens (including phenoxy) is 1. The molecule has 1 aliphatic rings. The Morgan fingerprint density at radius 3 is 2.70 bits per heavy atom. The molecular formula is C14H20N2O4. The van der Waals surface area contributed by atoms with Crippen LogP contribution in [-0.2, 0) is 11.2 Å². The zero-order valence-electron chi connectivity index (χ0n) is 11.6. The van der Waals surface area contributed by atoms with Crippen molar-refractivity contribution in [3.05, 3.63) is 39.9 Å². The molecular weight excluding hydrogens is 260 g/mol. The molecule has 1 fully saturated rings. The molecule has 1 saturated heterocycles. The molecule has 0 radical (unpaired) electrons. The van der Waals surface area contributed by atoms with Crippen LogP contribution in [0.15, 0.2) is 24.3 Å². The second-order valence-corrected chi connectivity index (χ2v) is 5.18. The van der Waals surface area contributed by atoms with Crippen LogP contribution in [-0.4, -0.2) is 53.4 Å². The van der Waals surface area contributed by atoms with Gasteiger partial charge in [0.25, 0.3) is 5.69 Å². The van der Waals surface area contributed by atoms with E-state index >= 15 is 0 Å². The van der Waals surface area contributed by atoms with E-state index in [1.54, 1.807) is 12.1 Å². The Kier molecular flexibility index (Phi) is 5.05. The zero-order valence-corrected chi connectivity index (χ0v) is 11.6. The van der Waals surface area contributed by atoms with E-state index in [1.807, 2.05) is 6.92 Å². The first-order valence-corrected chi connectivity index (χ1v) is 6.80. The van der Waals surface area contributed by atoms with E-state index < -0.39 is 0 Å². The predicted octanol–water partition coefficient (Wildman–Crippen LogP) is 1.22. The first-order valence-electron chi connectivity index (χ1n) is 6.80. The Labute approximate surface area is 118 Å². The second-order valence-electron chi connectivity index (χ2n) is 5.18. The van der Waals surface area contributed by atoms with Crippen LogP contribution in [0.4, 0.5) is 5.69 Å². The first-order chi connectivity index (χ1) is 9.58. The number of aliphatic hydroxyl groups is 1. The highest BCUT2D eigenvalue weighted by Crippen LogP contribution is 2.14. The summed E-state index contributed by atoms with van der Waals surface area (Å²) in [6, 6.07) is 6.67. The van der Waals surface area contributed by atoms with Crippen molar-refractivity contribution >= 4 is 5.69 Å². The van der Waals surface area contributed by atoms with Gasteiger partial charge in [0.15, 0.2) is 0 Å². The highest BCUT2D eigenvalue weighted by atomic mass is 16.6. The maximum atomic E-state index is 10.6. The van der Waals surface area contributed by atoms with Crippen molar-refractivity contribution in [2.24, 2.45) is 0 Å². The molecule has 20 heavy (non-hydrogen) atoms. The molecule has 1 aromatic carbocycles. The van der Waals surface area contributed by atoms with Crippen molar-refractivity contribution in [2.45, 2.75) is 25.6 Å². The number of nitrogens with zero attached hydrogens (tertiary/aromatic N) is 2. The van der Waals surface area contributed by atoms with Crippen LogP contribution in [0.5, 0.6) is 0 Å². The van der Waals surface area contributed by atoms with Crippen molar-refractivity contribution in [3.8, 4) is 0 Å². The molecule has 0 spiro atoms. The molecule has 2 unspecified atom stereocenters. The van der Waals surface area contributed by atoms with Gasteiger partial charge in [-0.2, -0.15) is 0 Å². The zero-order chi connectivity index (χ0) is 14.5. The molecule has 2 rings (SSSR count). The van der Waals surface area contributed by atoms with Crippen LogP contribution in [0.2, 0.25) is 0 Å². The van der Waals surface area contributed by atoms with Crippen molar-refractivity contribution in [1.29, 1.82) is 0 Å². The lowest BCUT2D eigenvalue weighted by Crippen LogP contribution is -2.48. The number of nitro benzene ring substituents is 1. The average Bonchev–Trinajstić information content (AvgIpc) is 2.45. The summed E-state index contributed by atoms with van der Waals surface area (Å²) >= 11 is 0. The minimum Gasteiger partial charge on any atom is -0.394 e. The quantitative estimate of drug-likeness (QED) is 0.648. The SMILES string of the molecule is CC1CN(CCc2ccc([N+](=O)[O-])cc2)CC(CO)O1. The summed E-state index contributed by atoms with van der Waals surface area (Å²) in [5.41, 5.74) is 1.20. The first kappa shape index (κ1) is 14.9. The summed E-state index contributed by atoms with van der Waals surface area (Å²) in [6.07, 6.45) is 0.844. The van der Waals surface area contributed by atoms with Gasteiger partial charge >= 0.3 is 0 Å². The van der Waals surface area contributed by atoms with Crippen molar-refractivity contribution < 1.29 is 14.8 Å². The van der Waals surface area contributed by atoms with E-state index in [1.165, 1.54) is 12.1 Å². The van der Waals surface area contributed by atoms with E-state index in [0.717, 1.165) is 31.6 Å². The van der Waals surface area contributed by atoms with Gasteiger partial charge in [0.1, 0.15) is 0 Å². The lowest BCUT2D eigenvalue weighted by Gasteiger charge is -2.36. The molecule has 0 aliphatic carbocycles. The van der Waals surface area contributed by atoms with Gasteiger partial charge < -0.3 is 9.84 Å². The fourth-order valence-corrected chi connectivity index (χ4v) is 2.50. The van der Waals surface area contributed by atoms with E-state index in [-0.39, 0.29) is 29.4 Å². The molecule has 0 bridgehead atoms. The van der Waals surface area contributed by atoms with Crippen LogP contribution in [0.25, 0.3) is 0 Å². The molecule has 1 N–H and O–H groups in total. The van der Waals surface area contributed by atoms with Crippen LogP contribution >= 0.6 is 0 Å². The number of hydrogen-bond acceptors (Lipinski definition) is 5. The molecule has 0 amide bonds. The van der Waals surface area contributed by atoms with Gasteiger partial charge in [-0.1, -0.05) is 12.1 Å². The van der Waals surface area contributed by atoms with Gasteiger partial charge in [-0.15, -0.1) is 0 Å². The maximum absolute atomic E-state index is 10.6. The van der Waals surface area contributed by atoms with E-state index in [4.69, 9.17) is 4.74 Å². The third-order valence-corrected chi connectivity index (χ3v) is 3.47. The molecule has 6 heteroatoms. The van der Waals surface area contributed by atoms with Crippen molar-refractivity contribution in [3.63, 3.8) is 0 Å². The smallest absolute Gasteiger partial charge is 0.269 e. The van der Waals surface area contributed by atoms with Gasteiger partial charge in [-0.25, -0.2) is 0 Å². The number of hydrogen-bond donors (Lipinski definition) is 1. The van der Waals surface area contributed by atoms with Crippen LogP contribution in [0, 0.1) is 10.1 Å². The molecule has 0 saturated carbocycles. The average molecular weight is 280 g/mol. The number of nitro groups is 1. The van der Waals surface area contributed by atoms with E-state index in [9.17, 15) is 15.2 Å². The highest BCUT2D eigenvalue weighted by molar-refractivity contribution is 5.32. The maximum Gasteiger partial charge on any atom is 0.269 e. The van der Waals surface area contributed by atoms with Crippen molar-refractivity contribution in [2.75, 3.05) is 26.2 Å². The summed E-state index contributed by atoms with van der Waals surface area (Å²) in [4.78, 5) is 12.5. The Hall–Kier alpha value is -1.50. The third-order valence-electron chi connectivity index (χ3n) is 3.47. The minimum absolute atomic E-state index is 0.0401. The predicted molar refractivity (Wildman–Crippen MR) is 74.7 cm³/mol. The van der Waals surface area contributed by atoms with Gasteiger partial charge in [-0.3, -0.25) is 15.0 Å². The Balaban J connectivity index is 1.86. The van der Waals surface area contributed by atoms with Gasteiger partial charge in [0.05, 0.1) is 23.7 Å². The van der Waals surface area contributed by atoms with E-state index in [2.05, 4.69) is 4.90 Å². The number of aliphatic hydroxyl groups excluding tert-OH is 1. The molecule has 6 nitrogen and oxygen atoms in total. The third kappa shape index (κ3) is 4.00. The summed E-state index contributed by atoms with van der Waals surface area (Å²) in [5.74, 6) is 0. The molecule has 1 aromatic rings. The van der Waals surface area contributed by atoms with Crippen LogP contribution in [0.3, 0.4) is 0 Å². The number of rotatable bonds is 5. The number of non-ortho nitro benzene ring substituents is 1. The van der Waals surface area contributed by atoms with E-state index in [0.29, 0.717) is 0 Å². The highest BCUT2D eigenvalue weighted by Gasteiger charge is 2.24. The monoisotopic (exact) mass is 280 g/mol. The van der Waals surface area contributed by atoms with Crippen LogP contribution < -0.4 is 0 Å². The minimum atomic E-state index is -0.390. The summed E-state index contributed by atoms with van der Waals surface area (Å²) < 4.78 is 5.59. The number of morpholine rings is 1. The lowest BCUT2D eigenvalue weighted by atomic mass is 10.1. The summed E-state index contributed by atoms with van der Waals surface area (Å²) in [7, 11) is 0. The molecule has 1 heterocycles. The normalized spacial score (nSPS) is 23.7. The Bertz CT molecular complexity index is 449. The topological polar surface area (TPSA) is 75.8 Å². The van der Waals surface area contributed by atoms with Crippen molar-refractivity contribution in [1.82, 2.24) is 4.90 Å². The molecule has 1 aliphatic heterocycles. The summed E-state index contributed by atoms with van der Waals surface area (Å²) in [5, 5.41) is 19.8. The molecule has 2 atom stereocenters. The van der Waals surface area contributed by atoms with Gasteiger partial charge in [0, 0.05) is 31.8 Å². The second kappa shape index (κ2) is 6.78. The fourth-order valence-electron chi connectivity index (χ4n) is 2.50. The Morgan fingerprint density at radius 1 is 1.40 bits per heavy atom. The van der Waals surface area contributed by atoms with Crippen LogP contribution in [0.1, 0.15) is 12.5 Å². The largest absolute Gasteiger partial charge is 0.394 e. The standard InChI is InChI=1S/C14H20N2O4/c1-11-8-15(9-14(10-17)20-11)7-6-12-2-4-13(5-3-12)16(18)19/h2-5,11,14,17H,6-10H2,1H3. The fraction of sp³-hybridized carbons (Fsp3) is 0.571. The summed E-state index contributed by atoms with van der Waals surface area (Å²) in [6.45, 7) is 4.48.